The zero-order valence-corrected chi connectivity index (χ0v) is 13.7. The van der Waals surface area contributed by atoms with Gasteiger partial charge < -0.3 is 10.1 Å². The summed E-state index contributed by atoms with van der Waals surface area (Å²) in [6, 6.07) is 7.56. The Morgan fingerprint density at radius 1 is 1.41 bits per heavy atom. The molecule has 4 nitrogen and oxygen atoms in total. The van der Waals surface area contributed by atoms with Crippen LogP contribution >= 0.6 is 11.6 Å². The highest BCUT2D eigenvalue weighted by Gasteiger charge is 2.35. The number of hydrogen-bond acceptors (Lipinski definition) is 3. The summed E-state index contributed by atoms with van der Waals surface area (Å²) in [5, 5.41) is 12.9. The Labute approximate surface area is 136 Å². The lowest BCUT2D eigenvalue weighted by Gasteiger charge is -2.32. The van der Waals surface area contributed by atoms with Crippen LogP contribution in [0.5, 0.6) is 5.75 Å². The molecule has 0 saturated heterocycles. The second-order valence-corrected chi connectivity index (χ2v) is 6.32. The van der Waals surface area contributed by atoms with Gasteiger partial charge in [-0.1, -0.05) is 30.9 Å². The molecule has 0 aliphatic heterocycles. The molecule has 0 radical (unpaired) electrons. The fourth-order valence-electron chi connectivity index (χ4n) is 2.71. The van der Waals surface area contributed by atoms with Gasteiger partial charge >= 0.3 is 0 Å². The maximum Gasteiger partial charge on any atom is 0.262 e. The van der Waals surface area contributed by atoms with E-state index in [0.29, 0.717) is 23.6 Å². The van der Waals surface area contributed by atoms with Gasteiger partial charge in [0.25, 0.3) is 5.91 Å². The zero-order valence-electron chi connectivity index (χ0n) is 13.0. The fraction of sp³-hybridized carbons (Fsp3) is 0.529. The Morgan fingerprint density at radius 3 is 2.68 bits per heavy atom. The van der Waals surface area contributed by atoms with Gasteiger partial charge in [-0.15, -0.1) is 0 Å². The Balaban J connectivity index is 1.99. The van der Waals surface area contributed by atoms with Crippen LogP contribution in [0.2, 0.25) is 5.02 Å². The van der Waals surface area contributed by atoms with Crippen molar-refractivity contribution in [3.05, 3.63) is 28.8 Å². The average Bonchev–Trinajstić information content (AvgIpc) is 2.51. The van der Waals surface area contributed by atoms with Gasteiger partial charge in [0.15, 0.2) is 6.10 Å². The topological polar surface area (TPSA) is 62.1 Å². The number of nitriles is 1. The third-order valence-corrected chi connectivity index (χ3v) is 4.52. The molecular weight excluding hydrogens is 300 g/mol. The molecule has 0 heterocycles. The number of nitrogens with one attached hydrogen (secondary N) is 1. The zero-order chi connectivity index (χ0) is 16.2. The minimum Gasteiger partial charge on any atom is -0.481 e. The monoisotopic (exact) mass is 320 g/mol. The summed E-state index contributed by atoms with van der Waals surface area (Å²) in [5.74, 6) is 0.343. The maximum atomic E-state index is 12.3. The van der Waals surface area contributed by atoms with E-state index in [0.717, 1.165) is 24.8 Å². The normalized spacial score (nSPS) is 18.1. The van der Waals surface area contributed by atoms with Crippen molar-refractivity contribution >= 4 is 17.5 Å². The molecule has 1 aromatic carbocycles. The van der Waals surface area contributed by atoms with Crippen molar-refractivity contribution in [2.75, 3.05) is 0 Å². The third-order valence-electron chi connectivity index (χ3n) is 4.10. The first-order chi connectivity index (χ1) is 10.5. The van der Waals surface area contributed by atoms with E-state index in [-0.39, 0.29) is 5.91 Å². The summed E-state index contributed by atoms with van der Waals surface area (Å²) < 4.78 is 5.66. The summed E-state index contributed by atoms with van der Waals surface area (Å²) in [5.41, 5.74) is 0.163. The molecular formula is C17H21ClN2O2. The van der Waals surface area contributed by atoms with Gasteiger partial charge in [0.05, 0.1) is 6.07 Å². The molecule has 1 fully saturated rings. The number of carbonyl (C=O) groups is 1. The largest absolute Gasteiger partial charge is 0.481 e. The van der Waals surface area contributed by atoms with Gasteiger partial charge in [-0.25, -0.2) is 0 Å². The van der Waals surface area contributed by atoms with Crippen molar-refractivity contribution in [3.8, 4) is 11.8 Å². The second kappa shape index (κ2) is 7.02. The average molecular weight is 321 g/mol. The summed E-state index contributed by atoms with van der Waals surface area (Å²) in [7, 11) is 0. The van der Waals surface area contributed by atoms with Crippen LogP contribution in [-0.4, -0.2) is 17.6 Å². The Bertz CT molecular complexity index is 589. The number of amides is 1. The van der Waals surface area contributed by atoms with Crippen molar-refractivity contribution in [2.24, 2.45) is 0 Å². The minimum atomic E-state index is -0.733. The highest BCUT2D eigenvalue weighted by atomic mass is 35.5. The highest BCUT2D eigenvalue weighted by Crippen LogP contribution is 2.28. The van der Waals surface area contributed by atoms with E-state index in [1.54, 1.807) is 25.1 Å². The van der Waals surface area contributed by atoms with E-state index in [4.69, 9.17) is 16.3 Å². The van der Waals surface area contributed by atoms with Crippen LogP contribution in [0.1, 0.15) is 44.6 Å². The lowest BCUT2D eigenvalue weighted by atomic mass is 9.83. The van der Waals surface area contributed by atoms with Crippen LogP contribution in [0, 0.1) is 18.3 Å². The summed E-state index contributed by atoms with van der Waals surface area (Å²) in [6.07, 6.45) is 3.82. The number of halogens is 1. The van der Waals surface area contributed by atoms with Gasteiger partial charge in [0.2, 0.25) is 0 Å². The summed E-state index contributed by atoms with van der Waals surface area (Å²) in [6.45, 7) is 3.57. The Morgan fingerprint density at radius 2 is 2.09 bits per heavy atom. The molecule has 1 N–H and O–H groups in total. The first-order valence-corrected chi connectivity index (χ1v) is 8.00. The molecule has 1 atom stereocenters. The van der Waals surface area contributed by atoms with Crippen LogP contribution in [0.15, 0.2) is 18.2 Å². The van der Waals surface area contributed by atoms with E-state index >= 15 is 0 Å². The first-order valence-electron chi connectivity index (χ1n) is 7.62. The number of aryl methyl sites for hydroxylation is 1. The molecule has 1 aromatic rings. The predicted octanol–water partition coefficient (Wildman–Crippen LogP) is 3.76. The molecule has 2 rings (SSSR count). The SMILES string of the molecule is Cc1cc(O[C@@H](C)C(=O)NC2(C#N)CCCCC2)ccc1Cl. The lowest BCUT2D eigenvalue weighted by Crippen LogP contribution is -2.52. The molecule has 0 spiro atoms. The van der Waals surface area contributed by atoms with Crippen LogP contribution < -0.4 is 10.1 Å². The first kappa shape index (κ1) is 16.6. The van der Waals surface area contributed by atoms with Crippen molar-refractivity contribution in [2.45, 2.75) is 57.6 Å². The van der Waals surface area contributed by atoms with Gasteiger partial charge in [-0.2, -0.15) is 5.26 Å². The quantitative estimate of drug-likeness (QED) is 0.918. The fourth-order valence-corrected chi connectivity index (χ4v) is 2.82. The van der Waals surface area contributed by atoms with E-state index < -0.39 is 11.6 Å². The number of carbonyl (C=O) groups excluding carboxylic acids is 1. The molecule has 1 aliphatic carbocycles. The third kappa shape index (κ3) is 3.92. The number of benzene rings is 1. The molecule has 5 heteroatoms. The van der Waals surface area contributed by atoms with Crippen molar-refractivity contribution in [3.63, 3.8) is 0 Å². The second-order valence-electron chi connectivity index (χ2n) is 5.91. The van der Waals surface area contributed by atoms with Crippen molar-refractivity contribution < 1.29 is 9.53 Å². The van der Waals surface area contributed by atoms with E-state index in [1.807, 2.05) is 6.92 Å². The number of ether oxygens (including phenoxy) is 1. The highest BCUT2D eigenvalue weighted by molar-refractivity contribution is 6.31. The smallest absolute Gasteiger partial charge is 0.262 e. The van der Waals surface area contributed by atoms with Crippen LogP contribution in [0.4, 0.5) is 0 Å². The van der Waals surface area contributed by atoms with Crippen LogP contribution in [0.25, 0.3) is 0 Å². The van der Waals surface area contributed by atoms with Crippen molar-refractivity contribution in [1.29, 1.82) is 5.26 Å². The molecule has 118 valence electrons. The molecule has 0 bridgehead atoms. The number of nitrogens with zero attached hydrogens (tertiary/aromatic N) is 1. The summed E-state index contributed by atoms with van der Waals surface area (Å²) in [4.78, 5) is 12.3. The molecule has 0 unspecified atom stereocenters. The molecule has 1 amide bonds. The van der Waals surface area contributed by atoms with Gasteiger partial charge in [0.1, 0.15) is 11.3 Å². The van der Waals surface area contributed by atoms with Crippen LogP contribution in [-0.2, 0) is 4.79 Å². The van der Waals surface area contributed by atoms with Gasteiger partial charge in [-0.3, -0.25) is 4.79 Å². The van der Waals surface area contributed by atoms with Crippen molar-refractivity contribution in [1.82, 2.24) is 5.32 Å². The predicted molar refractivity (Wildman–Crippen MR) is 85.9 cm³/mol. The minimum absolute atomic E-state index is 0.254. The van der Waals surface area contributed by atoms with E-state index in [2.05, 4.69) is 11.4 Å². The molecule has 0 aromatic heterocycles. The molecule has 22 heavy (non-hydrogen) atoms. The standard InChI is InChI=1S/C17H21ClN2O2/c1-12-10-14(6-7-15(12)18)22-13(2)16(21)20-17(11-19)8-4-3-5-9-17/h6-7,10,13H,3-5,8-9H2,1-2H3,(H,20,21)/t13-/m0/s1. The maximum absolute atomic E-state index is 12.3. The molecule has 1 aliphatic rings. The summed E-state index contributed by atoms with van der Waals surface area (Å²) >= 11 is 5.97. The Kier molecular flexibility index (Phi) is 5.31. The lowest BCUT2D eigenvalue weighted by molar-refractivity contribution is -0.129. The van der Waals surface area contributed by atoms with Crippen LogP contribution in [0.3, 0.4) is 0 Å². The number of hydrogen-bond donors (Lipinski definition) is 1. The molecule has 1 saturated carbocycles. The van der Waals surface area contributed by atoms with Gasteiger partial charge in [-0.05, 0) is 50.5 Å². The van der Waals surface area contributed by atoms with E-state index in [1.165, 1.54) is 0 Å². The van der Waals surface area contributed by atoms with E-state index in [9.17, 15) is 10.1 Å². The Hall–Kier alpha value is -1.73. The number of rotatable bonds is 4. The van der Waals surface area contributed by atoms with Gasteiger partial charge in [0, 0.05) is 5.02 Å².